The molecule has 1 amide bonds. The summed E-state index contributed by atoms with van der Waals surface area (Å²) >= 11 is 6.53. The van der Waals surface area contributed by atoms with E-state index in [1.807, 2.05) is 38.5 Å². The van der Waals surface area contributed by atoms with Crippen molar-refractivity contribution in [3.63, 3.8) is 0 Å². The number of carbonyl (C=O) groups is 1. The van der Waals surface area contributed by atoms with Gasteiger partial charge in [0.15, 0.2) is 12.1 Å². The Labute approximate surface area is 208 Å². The minimum atomic E-state index is -0.642. The summed E-state index contributed by atoms with van der Waals surface area (Å²) in [5.74, 6) is 0.457. The average Bonchev–Trinajstić information content (AvgIpc) is 3.51. The van der Waals surface area contributed by atoms with Crippen LogP contribution in [0.1, 0.15) is 96.5 Å². The molecule has 2 atom stereocenters. The molecule has 1 N–H and O–H groups in total. The molecule has 9 heteroatoms. The number of aliphatic hydroxyl groups is 1. The molecule has 1 saturated heterocycles. The van der Waals surface area contributed by atoms with Gasteiger partial charge in [-0.1, -0.05) is 37.8 Å². The standard InChI is InChI=1S/C25H39ClN4O4/c1-6-7-12-21(26)28-23(29(18-10-8-9-11-18)24(32)34-25(3,4)5)20-15-27-30(17(20)2)22-14-13-19(16-31)33-22/h12,15,18-19,22,31H,6-11,13-14,16H2,1-5H3/b21-12+,28-23+. The van der Waals surface area contributed by atoms with E-state index in [1.54, 1.807) is 11.1 Å². The molecule has 0 spiro atoms. The highest BCUT2D eigenvalue weighted by atomic mass is 35.5. The SMILES string of the molecule is CCC/C=C(Cl)/N=C(\c1cnn(C2CCC(CO)O2)c1C)N(C(=O)OC(C)(C)C)C1CCCC1. The predicted octanol–water partition coefficient (Wildman–Crippen LogP) is 5.67. The molecule has 1 aliphatic carbocycles. The molecule has 8 nitrogen and oxygen atoms in total. The van der Waals surface area contributed by atoms with E-state index in [1.165, 1.54) is 0 Å². The molecule has 0 radical (unpaired) electrons. The van der Waals surface area contributed by atoms with Crippen molar-refractivity contribution in [3.05, 3.63) is 28.7 Å². The Morgan fingerprint density at radius 2 is 2.06 bits per heavy atom. The first-order valence-electron chi connectivity index (χ1n) is 12.4. The molecule has 2 heterocycles. The molecule has 0 bridgehead atoms. The second-order valence-corrected chi connectivity index (χ2v) is 10.5. The van der Waals surface area contributed by atoms with Gasteiger partial charge in [-0.25, -0.2) is 14.5 Å². The van der Waals surface area contributed by atoms with Crippen LogP contribution in [0, 0.1) is 6.92 Å². The molecule has 2 fully saturated rings. The summed E-state index contributed by atoms with van der Waals surface area (Å²) in [5, 5.41) is 14.4. The molecule has 1 saturated carbocycles. The highest BCUT2D eigenvalue weighted by Crippen LogP contribution is 2.32. The third-order valence-corrected chi connectivity index (χ3v) is 6.41. The highest BCUT2D eigenvalue weighted by molar-refractivity contribution is 6.30. The zero-order valence-corrected chi connectivity index (χ0v) is 21.8. The molecule has 1 aromatic heterocycles. The van der Waals surface area contributed by atoms with E-state index in [0.29, 0.717) is 11.0 Å². The number of hydrogen-bond acceptors (Lipinski definition) is 6. The van der Waals surface area contributed by atoms with Gasteiger partial charge < -0.3 is 14.6 Å². The molecule has 3 rings (SSSR count). The number of hydrogen-bond donors (Lipinski definition) is 1. The van der Waals surface area contributed by atoms with Crippen LogP contribution < -0.4 is 0 Å². The summed E-state index contributed by atoms with van der Waals surface area (Å²) < 4.78 is 13.6. The number of halogens is 1. The Hall–Kier alpha value is -1.90. The van der Waals surface area contributed by atoms with Crippen molar-refractivity contribution in [3.8, 4) is 0 Å². The van der Waals surface area contributed by atoms with Gasteiger partial charge in [0.1, 0.15) is 10.8 Å². The zero-order chi connectivity index (χ0) is 24.9. The third-order valence-electron chi connectivity index (χ3n) is 6.17. The Morgan fingerprint density at radius 3 is 2.65 bits per heavy atom. The first-order valence-corrected chi connectivity index (χ1v) is 12.8. The van der Waals surface area contributed by atoms with Gasteiger partial charge in [0.25, 0.3) is 0 Å². The van der Waals surface area contributed by atoms with Crippen molar-refractivity contribution in [1.82, 2.24) is 14.7 Å². The van der Waals surface area contributed by atoms with Gasteiger partial charge in [-0.3, -0.25) is 4.90 Å². The molecule has 34 heavy (non-hydrogen) atoms. The number of nitrogens with zero attached hydrogens (tertiary/aromatic N) is 4. The fourth-order valence-electron chi connectivity index (χ4n) is 4.47. The van der Waals surface area contributed by atoms with Crippen molar-refractivity contribution in [2.45, 2.75) is 110 Å². The number of ether oxygens (including phenoxy) is 2. The van der Waals surface area contributed by atoms with Crippen LogP contribution in [0.15, 0.2) is 22.4 Å². The van der Waals surface area contributed by atoms with Gasteiger partial charge >= 0.3 is 6.09 Å². The number of carbonyl (C=O) groups excluding carboxylic acids is 1. The van der Waals surface area contributed by atoms with Gasteiger partial charge in [-0.15, -0.1) is 0 Å². The van der Waals surface area contributed by atoms with Crippen LogP contribution in [0.2, 0.25) is 0 Å². The third kappa shape index (κ3) is 6.61. The second kappa shape index (κ2) is 11.7. The fraction of sp³-hybridized carbons (Fsp3) is 0.720. The number of allylic oxidation sites excluding steroid dienone is 1. The quantitative estimate of drug-likeness (QED) is 0.299. The predicted molar refractivity (Wildman–Crippen MR) is 133 cm³/mol. The average molecular weight is 495 g/mol. The highest BCUT2D eigenvalue weighted by Gasteiger charge is 2.37. The maximum absolute atomic E-state index is 13.5. The second-order valence-electron chi connectivity index (χ2n) is 10.1. The van der Waals surface area contributed by atoms with Crippen LogP contribution >= 0.6 is 11.6 Å². The summed E-state index contributed by atoms with van der Waals surface area (Å²) in [6.45, 7) is 9.59. The van der Waals surface area contributed by atoms with E-state index in [0.717, 1.165) is 62.6 Å². The number of aliphatic imine (C=N–C) groups is 1. The van der Waals surface area contributed by atoms with E-state index in [9.17, 15) is 9.90 Å². The van der Waals surface area contributed by atoms with Crippen molar-refractivity contribution in [2.24, 2.45) is 4.99 Å². The smallest absolute Gasteiger partial charge is 0.416 e. The molecule has 2 aliphatic rings. The summed E-state index contributed by atoms with van der Waals surface area (Å²) in [6.07, 6.45) is 9.84. The Balaban J connectivity index is 2.05. The molecule has 190 valence electrons. The lowest BCUT2D eigenvalue weighted by Gasteiger charge is -2.32. The van der Waals surface area contributed by atoms with Gasteiger partial charge in [0.05, 0.1) is 24.5 Å². The molecule has 2 unspecified atom stereocenters. The van der Waals surface area contributed by atoms with Crippen LogP contribution in [-0.2, 0) is 9.47 Å². The van der Waals surface area contributed by atoms with E-state index in [-0.39, 0.29) is 25.0 Å². The summed E-state index contributed by atoms with van der Waals surface area (Å²) in [5.41, 5.74) is 0.905. The molecular weight excluding hydrogens is 456 g/mol. The van der Waals surface area contributed by atoms with Gasteiger partial charge in [-0.2, -0.15) is 5.10 Å². The van der Waals surface area contributed by atoms with Crippen LogP contribution in [0.5, 0.6) is 0 Å². The minimum absolute atomic E-state index is 0.0116. The molecule has 1 aliphatic heterocycles. The van der Waals surface area contributed by atoms with Gasteiger partial charge in [0.2, 0.25) is 0 Å². The zero-order valence-electron chi connectivity index (χ0n) is 21.1. The first-order chi connectivity index (χ1) is 16.1. The number of amides is 1. The van der Waals surface area contributed by atoms with E-state index in [4.69, 9.17) is 26.1 Å². The van der Waals surface area contributed by atoms with E-state index in [2.05, 4.69) is 12.0 Å². The molecule has 1 aromatic rings. The summed E-state index contributed by atoms with van der Waals surface area (Å²) in [4.78, 5) is 19.9. The van der Waals surface area contributed by atoms with Crippen LogP contribution in [-0.4, -0.2) is 56.1 Å². The first kappa shape index (κ1) is 26.7. The largest absolute Gasteiger partial charge is 0.443 e. The number of aromatic nitrogens is 2. The van der Waals surface area contributed by atoms with Crippen LogP contribution in [0.4, 0.5) is 4.79 Å². The number of amidine groups is 1. The Kier molecular flexibility index (Phi) is 9.18. The van der Waals surface area contributed by atoms with Gasteiger partial charge in [0, 0.05) is 11.7 Å². The maximum Gasteiger partial charge on any atom is 0.416 e. The fourth-order valence-corrected chi connectivity index (χ4v) is 4.66. The maximum atomic E-state index is 13.5. The molecule has 0 aromatic carbocycles. The molecular formula is C25H39ClN4O4. The number of unbranched alkanes of at least 4 members (excludes halogenated alkanes) is 1. The van der Waals surface area contributed by atoms with Crippen molar-refractivity contribution in [1.29, 1.82) is 0 Å². The lowest BCUT2D eigenvalue weighted by molar-refractivity contribution is -0.0291. The van der Waals surface area contributed by atoms with Crippen molar-refractivity contribution in [2.75, 3.05) is 6.61 Å². The Morgan fingerprint density at radius 1 is 1.35 bits per heavy atom. The van der Waals surface area contributed by atoms with Crippen molar-refractivity contribution < 1.29 is 19.4 Å². The van der Waals surface area contributed by atoms with E-state index >= 15 is 0 Å². The number of rotatable bonds is 7. The van der Waals surface area contributed by atoms with Crippen molar-refractivity contribution >= 4 is 23.5 Å². The van der Waals surface area contributed by atoms with Gasteiger partial charge in [-0.05, 0) is 65.9 Å². The normalized spacial score (nSPS) is 22.4. The topological polar surface area (TPSA) is 89.2 Å². The van der Waals surface area contributed by atoms with E-state index < -0.39 is 11.7 Å². The lowest BCUT2D eigenvalue weighted by Crippen LogP contribution is -2.46. The van der Waals surface area contributed by atoms with Crippen LogP contribution in [0.3, 0.4) is 0 Å². The summed E-state index contributed by atoms with van der Waals surface area (Å²) in [6, 6.07) is -0.0199. The number of aliphatic hydroxyl groups excluding tert-OH is 1. The Bertz CT molecular complexity index is 899. The lowest BCUT2D eigenvalue weighted by atomic mass is 10.1. The van der Waals surface area contributed by atoms with Crippen LogP contribution in [0.25, 0.3) is 0 Å². The monoisotopic (exact) mass is 494 g/mol. The summed E-state index contributed by atoms with van der Waals surface area (Å²) in [7, 11) is 0. The minimum Gasteiger partial charge on any atom is -0.443 e.